The normalized spacial score (nSPS) is 14.7. The highest BCUT2D eigenvalue weighted by Crippen LogP contribution is 2.35. The lowest BCUT2D eigenvalue weighted by atomic mass is 9.96. The Morgan fingerprint density at radius 3 is 2.52 bits per heavy atom. The quantitative estimate of drug-likeness (QED) is 0.463. The second kappa shape index (κ2) is 9.13. The maximum Gasteiger partial charge on any atom is 0.305 e. The summed E-state index contributed by atoms with van der Waals surface area (Å²) < 4.78 is 11.3. The van der Waals surface area contributed by atoms with Crippen molar-refractivity contribution in [3.8, 4) is 16.9 Å². The van der Waals surface area contributed by atoms with E-state index in [1.165, 1.54) is 37.1 Å². The summed E-state index contributed by atoms with van der Waals surface area (Å²) in [6.45, 7) is 0. The third kappa shape index (κ3) is 4.79. The molecule has 0 unspecified atom stereocenters. The third-order valence-corrected chi connectivity index (χ3v) is 5.80. The second-order valence-corrected chi connectivity index (χ2v) is 7.85. The summed E-state index contributed by atoms with van der Waals surface area (Å²) in [7, 11) is 1.43. The van der Waals surface area contributed by atoms with Crippen LogP contribution in [0.4, 0.5) is 0 Å². The summed E-state index contributed by atoms with van der Waals surface area (Å²) in [5.74, 6) is 0.758. The molecule has 1 aliphatic rings. The summed E-state index contributed by atoms with van der Waals surface area (Å²) in [4.78, 5) is 11.6. The zero-order chi connectivity index (χ0) is 20.1. The van der Waals surface area contributed by atoms with Gasteiger partial charge in [0.2, 0.25) is 0 Å². The van der Waals surface area contributed by atoms with E-state index in [1.54, 1.807) is 0 Å². The Kier molecular flexibility index (Phi) is 6.14. The predicted octanol–water partition coefficient (Wildman–Crippen LogP) is 6.32. The molecule has 0 saturated heterocycles. The lowest BCUT2D eigenvalue weighted by Gasteiger charge is -2.25. The molecular formula is C26H28O3. The monoisotopic (exact) mass is 388 g/mol. The van der Waals surface area contributed by atoms with Crippen LogP contribution in [0.2, 0.25) is 0 Å². The molecule has 4 rings (SSSR count). The van der Waals surface area contributed by atoms with E-state index >= 15 is 0 Å². The highest BCUT2D eigenvalue weighted by molar-refractivity contribution is 5.88. The van der Waals surface area contributed by atoms with Gasteiger partial charge in [-0.25, -0.2) is 0 Å². The highest BCUT2D eigenvalue weighted by atomic mass is 16.5. The number of methoxy groups -OCH3 is 1. The van der Waals surface area contributed by atoms with E-state index < -0.39 is 0 Å². The van der Waals surface area contributed by atoms with Crippen molar-refractivity contribution in [3.05, 3.63) is 66.2 Å². The van der Waals surface area contributed by atoms with Crippen molar-refractivity contribution >= 4 is 16.7 Å². The standard InChI is InChI=1S/C26H28O3/c1-28-26(27)16-12-19-11-15-25(29-23-9-3-2-4-10-23)24(17-19)22-14-13-20-7-5-6-8-21(20)18-22/h5-8,11,13-15,17-18,23H,2-4,9-10,12,16H2,1H3. The van der Waals surface area contributed by atoms with Crippen molar-refractivity contribution in [3.63, 3.8) is 0 Å². The molecule has 0 atom stereocenters. The molecule has 3 nitrogen and oxygen atoms in total. The topological polar surface area (TPSA) is 35.5 Å². The first-order valence-corrected chi connectivity index (χ1v) is 10.6. The van der Waals surface area contributed by atoms with Crippen LogP contribution >= 0.6 is 0 Å². The van der Waals surface area contributed by atoms with Crippen LogP contribution < -0.4 is 4.74 Å². The molecule has 0 radical (unpaired) electrons. The Morgan fingerprint density at radius 1 is 0.931 bits per heavy atom. The number of aryl methyl sites for hydroxylation is 1. The van der Waals surface area contributed by atoms with Crippen molar-refractivity contribution in [2.75, 3.05) is 7.11 Å². The van der Waals surface area contributed by atoms with Crippen LogP contribution in [0.1, 0.15) is 44.1 Å². The molecule has 0 bridgehead atoms. The molecule has 0 aromatic heterocycles. The number of hydrogen-bond acceptors (Lipinski definition) is 3. The van der Waals surface area contributed by atoms with Gasteiger partial charge >= 0.3 is 5.97 Å². The van der Waals surface area contributed by atoms with E-state index in [1.807, 2.05) is 0 Å². The number of rotatable bonds is 6. The maximum absolute atomic E-state index is 11.6. The molecule has 150 valence electrons. The van der Waals surface area contributed by atoms with Gasteiger partial charge in [-0.05, 0) is 72.2 Å². The summed E-state index contributed by atoms with van der Waals surface area (Å²) in [5.41, 5.74) is 3.37. The number of benzene rings is 3. The first kappa shape index (κ1) is 19.5. The highest BCUT2D eigenvalue weighted by Gasteiger charge is 2.18. The van der Waals surface area contributed by atoms with Crippen LogP contribution in [0.5, 0.6) is 5.75 Å². The fourth-order valence-electron chi connectivity index (χ4n) is 4.13. The third-order valence-electron chi connectivity index (χ3n) is 5.80. The van der Waals surface area contributed by atoms with Gasteiger partial charge in [0.05, 0.1) is 13.2 Å². The van der Waals surface area contributed by atoms with Crippen molar-refractivity contribution in [1.29, 1.82) is 0 Å². The van der Waals surface area contributed by atoms with Gasteiger partial charge in [0.15, 0.2) is 0 Å². The molecule has 0 spiro atoms. The Balaban J connectivity index is 1.68. The van der Waals surface area contributed by atoms with Gasteiger partial charge in [-0.1, -0.05) is 48.9 Å². The van der Waals surface area contributed by atoms with E-state index in [0.29, 0.717) is 18.9 Å². The van der Waals surface area contributed by atoms with E-state index in [2.05, 4.69) is 60.7 Å². The molecule has 3 heteroatoms. The molecule has 0 heterocycles. The SMILES string of the molecule is COC(=O)CCc1ccc(OC2CCCCC2)c(-c2ccc3ccccc3c2)c1. The number of ether oxygens (including phenoxy) is 2. The van der Waals surface area contributed by atoms with Crippen molar-refractivity contribution in [2.24, 2.45) is 0 Å². The molecular weight excluding hydrogens is 360 g/mol. The Hall–Kier alpha value is -2.81. The van der Waals surface area contributed by atoms with Crippen LogP contribution in [0.15, 0.2) is 60.7 Å². The van der Waals surface area contributed by atoms with E-state index in [4.69, 9.17) is 9.47 Å². The summed E-state index contributed by atoms with van der Waals surface area (Å²) in [6, 6.07) is 21.3. The van der Waals surface area contributed by atoms with Crippen molar-refractivity contribution in [2.45, 2.75) is 51.0 Å². The Morgan fingerprint density at radius 2 is 1.72 bits per heavy atom. The number of carbonyl (C=O) groups excluding carboxylic acids is 1. The van der Waals surface area contributed by atoms with E-state index in [0.717, 1.165) is 35.3 Å². The van der Waals surface area contributed by atoms with Gasteiger partial charge in [0.25, 0.3) is 0 Å². The van der Waals surface area contributed by atoms with Gasteiger partial charge in [0, 0.05) is 12.0 Å². The molecule has 29 heavy (non-hydrogen) atoms. The molecule has 1 aliphatic carbocycles. The average molecular weight is 389 g/mol. The first-order chi connectivity index (χ1) is 14.2. The van der Waals surface area contributed by atoms with Gasteiger partial charge in [-0.3, -0.25) is 4.79 Å². The van der Waals surface area contributed by atoms with Gasteiger partial charge in [-0.2, -0.15) is 0 Å². The number of carbonyl (C=O) groups is 1. The van der Waals surface area contributed by atoms with Gasteiger partial charge < -0.3 is 9.47 Å². The summed E-state index contributed by atoms with van der Waals surface area (Å²) in [5, 5.41) is 2.45. The lowest BCUT2D eigenvalue weighted by molar-refractivity contribution is -0.140. The van der Waals surface area contributed by atoms with Crippen LogP contribution in [-0.2, 0) is 16.0 Å². The van der Waals surface area contributed by atoms with Crippen LogP contribution in [0.3, 0.4) is 0 Å². The minimum Gasteiger partial charge on any atom is -0.490 e. The minimum absolute atomic E-state index is 0.181. The summed E-state index contributed by atoms with van der Waals surface area (Å²) >= 11 is 0. The fourth-order valence-corrected chi connectivity index (χ4v) is 4.13. The largest absolute Gasteiger partial charge is 0.490 e. The van der Waals surface area contributed by atoms with Crippen molar-refractivity contribution in [1.82, 2.24) is 0 Å². The van der Waals surface area contributed by atoms with Crippen LogP contribution in [0.25, 0.3) is 21.9 Å². The van der Waals surface area contributed by atoms with E-state index in [-0.39, 0.29) is 5.97 Å². The van der Waals surface area contributed by atoms with Crippen LogP contribution in [0, 0.1) is 0 Å². The molecule has 3 aromatic rings. The van der Waals surface area contributed by atoms with E-state index in [9.17, 15) is 4.79 Å². The molecule has 3 aromatic carbocycles. The summed E-state index contributed by atoms with van der Waals surface area (Å²) in [6.07, 6.45) is 7.39. The van der Waals surface area contributed by atoms with Gasteiger partial charge in [-0.15, -0.1) is 0 Å². The molecule has 0 amide bonds. The lowest BCUT2D eigenvalue weighted by Crippen LogP contribution is -2.20. The van der Waals surface area contributed by atoms with Crippen LogP contribution in [-0.4, -0.2) is 19.2 Å². The smallest absolute Gasteiger partial charge is 0.305 e. The molecule has 1 saturated carbocycles. The van der Waals surface area contributed by atoms with Crippen molar-refractivity contribution < 1.29 is 14.3 Å². The fraction of sp³-hybridized carbons (Fsp3) is 0.346. The molecule has 0 N–H and O–H groups in total. The zero-order valence-corrected chi connectivity index (χ0v) is 17.0. The number of hydrogen-bond donors (Lipinski definition) is 0. The number of fused-ring (bicyclic) bond motifs is 1. The van der Waals surface area contributed by atoms with Gasteiger partial charge in [0.1, 0.15) is 5.75 Å². The Bertz CT molecular complexity index is 986. The second-order valence-electron chi connectivity index (χ2n) is 7.85. The maximum atomic E-state index is 11.6. The average Bonchev–Trinajstić information content (AvgIpc) is 2.78. The molecule has 1 fully saturated rings. The molecule has 0 aliphatic heterocycles. The Labute approximate surface area is 172 Å². The first-order valence-electron chi connectivity index (χ1n) is 10.6. The number of esters is 1. The predicted molar refractivity (Wildman–Crippen MR) is 117 cm³/mol. The zero-order valence-electron chi connectivity index (χ0n) is 17.0. The minimum atomic E-state index is -0.181.